The highest BCUT2D eigenvalue weighted by atomic mass is 16.7. The number of ether oxygens (including phenoxy) is 3. The summed E-state index contributed by atoms with van der Waals surface area (Å²) in [6.45, 7) is 2.69. The molecule has 6 heteroatoms. The minimum absolute atomic E-state index is 0.204. The first-order chi connectivity index (χ1) is 12.6. The van der Waals surface area contributed by atoms with Gasteiger partial charge in [-0.15, -0.1) is 0 Å². The molecule has 0 aliphatic carbocycles. The normalized spacial score (nSPS) is 12.3. The van der Waals surface area contributed by atoms with Crippen LogP contribution >= 0.6 is 0 Å². The lowest BCUT2D eigenvalue weighted by molar-refractivity contribution is -0.111. The molecular weight excluding hydrogens is 332 g/mol. The van der Waals surface area contributed by atoms with E-state index in [1.54, 1.807) is 24.3 Å². The van der Waals surface area contributed by atoms with E-state index in [1.807, 2.05) is 44.1 Å². The molecule has 1 heterocycles. The zero-order valence-corrected chi connectivity index (χ0v) is 15.1. The average molecular weight is 354 g/mol. The Balaban J connectivity index is 1.71. The van der Waals surface area contributed by atoms with E-state index in [0.29, 0.717) is 23.8 Å². The molecule has 2 aromatic rings. The third kappa shape index (κ3) is 4.08. The highest BCUT2D eigenvalue weighted by molar-refractivity contribution is 6.02. The number of amides is 1. The second kappa shape index (κ2) is 7.82. The van der Waals surface area contributed by atoms with E-state index in [2.05, 4.69) is 5.32 Å². The molecule has 0 spiro atoms. The Kier molecular flexibility index (Phi) is 5.31. The zero-order chi connectivity index (χ0) is 18.5. The predicted molar refractivity (Wildman–Crippen MR) is 102 cm³/mol. The molecular formula is C20H22N2O4. The zero-order valence-electron chi connectivity index (χ0n) is 15.1. The Labute approximate surface area is 153 Å². The number of rotatable bonds is 6. The molecule has 1 N–H and O–H groups in total. The minimum Gasteiger partial charge on any atom is -0.493 e. The predicted octanol–water partition coefficient (Wildman–Crippen LogP) is 3.53. The Hall–Kier alpha value is -3.15. The van der Waals surface area contributed by atoms with Gasteiger partial charge in [0.1, 0.15) is 5.75 Å². The van der Waals surface area contributed by atoms with Gasteiger partial charge in [0, 0.05) is 49.2 Å². The number of nitrogens with one attached hydrogen (secondary N) is 1. The fourth-order valence-electron chi connectivity index (χ4n) is 2.54. The molecule has 0 radical (unpaired) electrons. The van der Waals surface area contributed by atoms with Gasteiger partial charge in [0.15, 0.2) is 11.5 Å². The molecule has 1 aliphatic heterocycles. The highest BCUT2D eigenvalue weighted by Crippen LogP contribution is 2.34. The smallest absolute Gasteiger partial charge is 0.248 e. The molecule has 0 aromatic heterocycles. The largest absolute Gasteiger partial charge is 0.493 e. The first-order valence-electron chi connectivity index (χ1n) is 8.39. The van der Waals surface area contributed by atoms with Crippen LogP contribution in [-0.4, -0.2) is 33.4 Å². The van der Waals surface area contributed by atoms with E-state index in [1.165, 1.54) is 6.08 Å². The van der Waals surface area contributed by atoms with Crippen LogP contribution in [0.15, 0.2) is 42.5 Å². The van der Waals surface area contributed by atoms with Crippen LogP contribution in [0.2, 0.25) is 0 Å². The molecule has 0 unspecified atom stereocenters. The highest BCUT2D eigenvalue weighted by Gasteiger charge is 2.13. The number of anilines is 2. The van der Waals surface area contributed by atoms with E-state index >= 15 is 0 Å². The summed E-state index contributed by atoms with van der Waals surface area (Å²) in [6, 6.07) is 11.2. The van der Waals surface area contributed by atoms with Crippen molar-refractivity contribution in [1.82, 2.24) is 0 Å². The quantitative estimate of drug-likeness (QED) is 0.804. The molecule has 3 rings (SSSR count). The van der Waals surface area contributed by atoms with Crippen LogP contribution in [0.25, 0.3) is 6.08 Å². The SMILES string of the molecule is CCOc1cc(N(C)C)ccc1/C=C\C(=O)Nc1ccc2c(c1)OCO2. The molecule has 0 bridgehead atoms. The number of benzene rings is 2. The van der Waals surface area contributed by atoms with Crippen molar-refractivity contribution in [2.45, 2.75) is 6.92 Å². The summed E-state index contributed by atoms with van der Waals surface area (Å²) in [7, 11) is 3.94. The lowest BCUT2D eigenvalue weighted by Gasteiger charge is -2.15. The summed E-state index contributed by atoms with van der Waals surface area (Å²) in [4.78, 5) is 14.2. The molecule has 0 saturated heterocycles. The molecule has 136 valence electrons. The van der Waals surface area contributed by atoms with Crippen LogP contribution in [0.1, 0.15) is 12.5 Å². The van der Waals surface area contributed by atoms with Gasteiger partial charge in [0.05, 0.1) is 6.61 Å². The number of nitrogens with zero attached hydrogens (tertiary/aromatic N) is 1. The van der Waals surface area contributed by atoms with Gasteiger partial charge in [-0.3, -0.25) is 4.79 Å². The number of hydrogen-bond acceptors (Lipinski definition) is 5. The fraction of sp³-hybridized carbons (Fsp3) is 0.250. The molecule has 0 atom stereocenters. The van der Waals surface area contributed by atoms with Gasteiger partial charge in [-0.25, -0.2) is 0 Å². The number of hydrogen-bond donors (Lipinski definition) is 1. The van der Waals surface area contributed by atoms with Crippen LogP contribution in [0.5, 0.6) is 17.2 Å². The minimum atomic E-state index is -0.233. The number of carbonyl (C=O) groups excluding carboxylic acids is 1. The summed E-state index contributed by atoms with van der Waals surface area (Å²) in [6.07, 6.45) is 3.23. The van der Waals surface area contributed by atoms with Gasteiger partial charge < -0.3 is 24.4 Å². The third-order valence-electron chi connectivity index (χ3n) is 3.87. The van der Waals surface area contributed by atoms with Gasteiger partial charge >= 0.3 is 0 Å². The molecule has 0 fully saturated rings. The molecule has 1 aliphatic rings. The van der Waals surface area contributed by atoms with Crippen molar-refractivity contribution < 1.29 is 19.0 Å². The van der Waals surface area contributed by atoms with E-state index in [9.17, 15) is 4.79 Å². The van der Waals surface area contributed by atoms with E-state index in [4.69, 9.17) is 14.2 Å². The van der Waals surface area contributed by atoms with Crippen molar-refractivity contribution in [3.8, 4) is 17.2 Å². The molecule has 2 aromatic carbocycles. The summed E-state index contributed by atoms with van der Waals surface area (Å²) >= 11 is 0. The third-order valence-corrected chi connectivity index (χ3v) is 3.87. The van der Waals surface area contributed by atoms with Crippen LogP contribution in [0.3, 0.4) is 0 Å². The van der Waals surface area contributed by atoms with E-state index in [-0.39, 0.29) is 12.7 Å². The topological polar surface area (TPSA) is 60.0 Å². The first-order valence-corrected chi connectivity index (χ1v) is 8.39. The lowest BCUT2D eigenvalue weighted by Crippen LogP contribution is -2.09. The standard InChI is InChI=1S/C20H22N2O4/c1-4-24-18-12-16(22(2)3)8-5-14(18)6-10-20(23)21-15-7-9-17-19(11-15)26-13-25-17/h5-12H,4,13H2,1-3H3,(H,21,23)/b10-6-. The monoisotopic (exact) mass is 354 g/mol. The van der Waals surface area contributed by atoms with Gasteiger partial charge in [-0.2, -0.15) is 0 Å². The van der Waals surface area contributed by atoms with Crippen LogP contribution in [0, 0.1) is 0 Å². The number of fused-ring (bicyclic) bond motifs is 1. The molecule has 26 heavy (non-hydrogen) atoms. The van der Waals surface area contributed by atoms with Crippen LogP contribution < -0.4 is 24.4 Å². The van der Waals surface area contributed by atoms with Crippen molar-refractivity contribution >= 4 is 23.4 Å². The fourth-order valence-corrected chi connectivity index (χ4v) is 2.54. The van der Waals surface area contributed by atoms with Gasteiger partial charge in [0.2, 0.25) is 12.7 Å². The summed E-state index contributed by atoms with van der Waals surface area (Å²) in [5.41, 5.74) is 2.53. The second-order valence-electron chi connectivity index (χ2n) is 5.94. The Morgan fingerprint density at radius 3 is 2.77 bits per heavy atom. The van der Waals surface area contributed by atoms with Gasteiger partial charge in [-0.05, 0) is 37.3 Å². The Morgan fingerprint density at radius 1 is 1.19 bits per heavy atom. The van der Waals surface area contributed by atoms with Crippen molar-refractivity contribution in [1.29, 1.82) is 0 Å². The molecule has 6 nitrogen and oxygen atoms in total. The van der Waals surface area contributed by atoms with Crippen molar-refractivity contribution in [3.63, 3.8) is 0 Å². The summed E-state index contributed by atoms with van der Waals surface area (Å²) in [5, 5.41) is 2.81. The van der Waals surface area contributed by atoms with E-state index in [0.717, 1.165) is 17.0 Å². The maximum Gasteiger partial charge on any atom is 0.248 e. The molecule has 0 saturated carbocycles. The summed E-state index contributed by atoms with van der Waals surface area (Å²) < 4.78 is 16.3. The van der Waals surface area contributed by atoms with Crippen LogP contribution in [0.4, 0.5) is 11.4 Å². The summed E-state index contributed by atoms with van der Waals surface area (Å²) in [5.74, 6) is 1.82. The van der Waals surface area contributed by atoms with Gasteiger partial charge in [0.25, 0.3) is 0 Å². The van der Waals surface area contributed by atoms with Crippen molar-refractivity contribution in [3.05, 3.63) is 48.0 Å². The Morgan fingerprint density at radius 2 is 2.00 bits per heavy atom. The van der Waals surface area contributed by atoms with Crippen LogP contribution in [-0.2, 0) is 4.79 Å². The van der Waals surface area contributed by atoms with Gasteiger partial charge in [-0.1, -0.05) is 0 Å². The first kappa shape index (κ1) is 17.7. The van der Waals surface area contributed by atoms with Crippen molar-refractivity contribution in [2.24, 2.45) is 0 Å². The second-order valence-corrected chi connectivity index (χ2v) is 5.94. The Bertz CT molecular complexity index is 831. The lowest BCUT2D eigenvalue weighted by atomic mass is 10.1. The molecule has 1 amide bonds. The average Bonchev–Trinajstić information content (AvgIpc) is 3.08. The van der Waals surface area contributed by atoms with Crippen molar-refractivity contribution in [2.75, 3.05) is 37.7 Å². The maximum absolute atomic E-state index is 12.2. The maximum atomic E-state index is 12.2. The van der Waals surface area contributed by atoms with E-state index < -0.39 is 0 Å². The number of carbonyl (C=O) groups is 1.